The highest BCUT2D eigenvalue weighted by atomic mass is 16.5. The van der Waals surface area contributed by atoms with Gasteiger partial charge in [-0.2, -0.15) is 0 Å². The monoisotopic (exact) mass is 301 g/mol. The average molecular weight is 301 g/mol. The van der Waals surface area contributed by atoms with Gasteiger partial charge in [0.25, 0.3) is 5.91 Å². The van der Waals surface area contributed by atoms with Crippen molar-refractivity contribution in [3.63, 3.8) is 0 Å². The van der Waals surface area contributed by atoms with Crippen molar-refractivity contribution in [2.24, 2.45) is 0 Å². The van der Waals surface area contributed by atoms with Crippen LogP contribution >= 0.6 is 0 Å². The molecule has 2 aromatic rings. The van der Waals surface area contributed by atoms with Crippen LogP contribution in [0.2, 0.25) is 0 Å². The van der Waals surface area contributed by atoms with E-state index in [1.54, 1.807) is 7.11 Å². The van der Waals surface area contributed by atoms with Crippen molar-refractivity contribution in [2.75, 3.05) is 7.11 Å². The molecular weight excluding hydrogens is 278 g/mol. The number of hydrogen-bond acceptors (Lipinski definition) is 3. The number of pyridine rings is 1. The van der Waals surface area contributed by atoms with Crippen molar-refractivity contribution in [2.45, 2.75) is 52.1 Å². The standard InChI is InChI=1S/C17H23N3O2/c1-11-7-5-8-12(2)20(11)17(21)15-13(3)18-16-14(22-4)9-6-10-19(15)16/h6,9-12H,5,7-8H2,1-4H3. The Bertz CT molecular complexity index is 697. The van der Waals surface area contributed by atoms with Crippen LogP contribution in [0, 0.1) is 6.92 Å². The van der Waals surface area contributed by atoms with Crippen molar-refractivity contribution >= 4 is 11.6 Å². The molecule has 1 fully saturated rings. The molecule has 0 aromatic carbocycles. The molecule has 0 spiro atoms. The third-order valence-electron chi connectivity index (χ3n) is 4.64. The highest BCUT2D eigenvalue weighted by Gasteiger charge is 2.32. The first-order valence-corrected chi connectivity index (χ1v) is 7.89. The second-order valence-corrected chi connectivity index (χ2v) is 6.16. The Morgan fingerprint density at radius 3 is 2.64 bits per heavy atom. The number of hydrogen-bond donors (Lipinski definition) is 0. The van der Waals surface area contributed by atoms with Crippen LogP contribution in [0.15, 0.2) is 18.3 Å². The summed E-state index contributed by atoms with van der Waals surface area (Å²) in [6.07, 6.45) is 5.20. The van der Waals surface area contributed by atoms with Crippen molar-refractivity contribution in [1.82, 2.24) is 14.3 Å². The maximum atomic E-state index is 13.1. The topological polar surface area (TPSA) is 46.8 Å². The molecule has 1 amide bonds. The first-order valence-electron chi connectivity index (χ1n) is 7.89. The lowest BCUT2D eigenvalue weighted by Crippen LogP contribution is -2.48. The third-order valence-corrected chi connectivity index (χ3v) is 4.64. The van der Waals surface area contributed by atoms with Gasteiger partial charge in [-0.1, -0.05) is 0 Å². The number of imidazole rings is 1. The fourth-order valence-corrected chi connectivity index (χ4v) is 3.52. The van der Waals surface area contributed by atoms with Crippen LogP contribution in [-0.4, -0.2) is 39.4 Å². The number of amides is 1. The number of aryl methyl sites for hydroxylation is 1. The van der Waals surface area contributed by atoms with E-state index in [2.05, 4.69) is 18.8 Å². The highest BCUT2D eigenvalue weighted by Crippen LogP contribution is 2.27. The largest absolute Gasteiger partial charge is 0.493 e. The number of carbonyl (C=O) groups is 1. The highest BCUT2D eigenvalue weighted by molar-refractivity contribution is 5.95. The third kappa shape index (κ3) is 2.25. The number of carbonyl (C=O) groups excluding carboxylic acids is 1. The van der Waals surface area contributed by atoms with E-state index in [1.807, 2.05) is 34.6 Å². The molecule has 5 heteroatoms. The van der Waals surface area contributed by atoms with Gasteiger partial charge in [-0.15, -0.1) is 0 Å². The van der Waals surface area contributed by atoms with Crippen molar-refractivity contribution in [1.29, 1.82) is 0 Å². The van der Waals surface area contributed by atoms with Gasteiger partial charge in [-0.3, -0.25) is 9.20 Å². The zero-order valence-electron chi connectivity index (χ0n) is 13.7. The summed E-state index contributed by atoms with van der Waals surface area (Å²) in [6, 6.07) is 4.29. The summed E-state index contributed by atoms with van der Waals surface area (Å²) in [4.78, 5) is 19.7. The number of nitrogens with zero attached hydrogens (tertiary/aromatic N) is 3. The van der Waals surface area contributed by atoms with Crippen LogP contribution in [0.3, 0.4) is 0 Å². The lowest BCUT2D eigenvalue weighted by Gasteiger charge is -2.39. The predicted molar refractivity (Wildman–Crippen MR) is 85.4 cm³/mol. The summed E-state index contributed by atoms with van der Waals surface area (Å²) in [5, 5.41) is 0. The minimum atomic E-state index is 0.0675. The number of aromatic nitrogens is 2. The van der Waals surface area contributed by atoms with Crippen LogP contribution in [0.4, 0.5) is 0 Å². The Kier molecular flexibility index (Phi) is 3.81. The van der Waals surface area contributed by atoms with Gasteiger partial charge in [0.2, 0.25) is 0 Å². The van der Waals surface area contributed by atoms with E-state index in [4.69, 9.17) is 4.74 Å². The van der Waals surface area contributed by atoms with E-state index < -0.39 is 0 Å². The molecule has 118 valence electrons. The first-order chi connectivity index (χ1) is 10.5. The smallest absolute Gasteiger partial charge is 0.273 e. The number of ether oxygens (including phenoxy) is 1. The molecule has 2 atom stereocenters. The van der Waals surface area contributed by atoms with E-state index in [1.165, 1.54) is 6.42 Å². The van der Waals surface area contributed by atoms with E-state index in [0.717, 1.165) is 18.5 Å². The number of rotatable bonds is 2. The summed E-state index contributed by atoms with van der Waals surface area (Å²) in [6.45, 7) is 6.15. The SMILES string of the molecule is COc1cccn2c(C(=O)N3C(C)CCCC3C)c(C)nc12. The summed E-state index contributed by atoms with van der Waals surface area (Å²) >= 11 is 0. The molecule has 0 radical (unpaired) electrons. The number of piperidine rings is 1. The molecule has 22 heavy (non-hydrogen) atoms. The molecule has 3 rings (SSSR count). The van der Waals surface area contributed by atoms with Gasteiger partial charge in [0.05, 0.1) is 12.8 Å². The first kappa shape index (κ1) is 14.9. The Morgan fingerprint density at radius 1 is 1.32 bits per heavy atom. The van der Waals surface area contributed by atoms with Gasteiger partial charge in [0.1, 0.15) is 5.69 Å². The van der Waals surface area contributed by atoms with Crippen LogP contribution in [0.5, 0.6) is 5.75 Å². The molecule has 5 nitrogen and oxygen atoms in total. The Balaban J connectivity index is 2.09. The maximum absolute atomic E-state index is 13.1. The van der Waals surface area contributed by atoms with E-state index in [-0.39, 0.29) is 18.0 Å². The molecule has 1 aliphatic rings. The van der Waals surface area contributed by atoms with E-state index in [9.17, 15) is 4.79 Å². The van der Waals surface area contributed by atoms with Crippen molar-refractivity contribution in [3.8, 4) is 5.75 Å². The van der Waals surface area contributed by atoms with Gasteiger partial charge in [0.15, 0.2) is 11.4 Å². The second-order valence-electron chi connectivity index (χ2n) is 6.16. The zero-order chi connectivity index (χ0) is 15.9. The summed E-state index contributed by atoms with van der Waals surface area (Å²) in [7, 11) is 1.62. The Hall–Kier alpha value is -2.04. The van der Waals surface area contributed by atoms with Gasteiger partial charge in [-0.25, -0.2) is 4.98 Å². The van der Waals surface area contributed by atoms with Crippen LogP contribution in [0.1, 0.15) is 49.3 Å². The molecule has 0 saturated carbocycles. The minimum absolute atomic E-state index is 0.0675. The molecule has 0 bridgehead atoms. The van der Waals surface area contributed by atoms with Crippen LogP contribution in [-0.2, 0) is 0 Å². The molecule has 1 saturated heterocycles. The predicted octanol–water partition coefficient (Wildman–Crippen LogP) is 3.05. The average Bonchev–Trinajstić information content (AvgIpc) is 2.82. The van der Waals surface area contributed by atoms with E-state index in [0.29, 0.717) is 17.1 Å². The number of methoxy groups -OCH3 is 1. The normalized spacial score (nSPS) is 22.1. The summed E-state index contributed by atoms with van der Waals surface area (Å²) in [5.74, 6) is 0.752. The fourth-order valence-electron chi connectivity index (χ4n) is 3.52. The van der Waals surface area contributed by atoms with Gasteiger partial charge in [0, 0.05) is 18.3 Å². The Morgan fingerprint density at radius 2 is 2.00 bits per heavy atom. The summed E-state index contributed by atoms with van der Waals surface area (Å²) < 4.78 is 7.21. The van der Waals surface area contributed by atoms with E-state index >= 15 is 0 Å². The lowest BCUT2D eigenvalue weighted by molar-refractivity contribution is 0.0502. The lowest BCUT2D eigenvalue weighted by atomic mass is 9.97. The van der Waals surface area contributed by atoms with Crippen LogP contribution < -0.4 is 4.74 Å². The minimum Gasteiger partial charge on any atom is -0.493 e. The molecular formula is C17H23N3O2. The quantitative estimate of drug-likeness (QED) is 0.856. The number of fused-ring (bicyclic) bond motifs is 1. The zero-order valence-corrected chi connectivity index (χ0v) is 13.7. The molecule has 2 unspecified atom stereocenters. The number of likely N-dealkylation sites (tertiary alicyclic amines) is 1. The van der Waals surface area contributed by atoms with Crippen LogP contribution in [0.25, 0.3) is 5.65 Å². The molecule has 3 heterocycles. The van der Waals surface area contributed by atoms with Gasteiger partial charge < -0.3 is 9.64 Å². The Labute approximate surface area is 130 Å². The fraction of sp³-hybridized carbons (Fsp3) is 0.529. The molecule has 1 aliphatic heterocycles. The molecule has 0 N–H and O–H groups in total. The molecule has 0 aliphatic carbocycles. The second kappa shape index (κ2) is 5.63. The summed E-state index contributed by atoms with van der Waals surface area (Å²) in [5.41, 5.74) is 2.09. The molecule has 2 aromatic heterocycles. The van der Waals surface area contributed by atoms with Crippen molar-refractivity contribution < 1.29 is 9.53 Å². The maximum Gasteiger partial charge on any atom is 0.273 e. The van der Waals surface area contributed by atoms with Gasteiger partial charge >= 0.3 is 0 Å². The van der Waals surface area contributed by atoms with Crippen molar-refractivity contribution in [3.05, 3.63) is 29.7 Å². The van der Waals surface area contributed by atoms with Gasteiger partial charge in [-0.05, 0) is 52.2 Å².